The van der Waals surface area contributed by atoms with Crippen LogP contribution in [0.4, 0.5) is 0 Å². The van der Waals surface area contributed by atoms with Gasteiger partial charge in [0, 0.05) is 12.8 Å². The Labute approximate surface area is 457 Å². The van der Waals surface area contributed by atoms with Crippen molar-refractivity contribution in [2.45, 2.75) is 290 Å². The fourth-order valence-electron chi connectivity index (χ4n) is 8.76. The Balaban J connectivity index is 4.02. The molecule has 0 N–H and O–H groups in total. The molecule has 0 aliphatic carbocycles. The Morgan fingerprint density at radius 2 is 0.770 bits per heavy atom. The van der Waals surface area contributed by atoms with Gasteiger partial charge in [-0.15, -0.1) is 0 Å². The molecule has 0 heterocycles. The minimum absolute atomic E-state index is 0.0308. The molecule has 432 valence electrons. The zero-order chi connectivity index (χ0) is 54.2. The number of likely N-dealkylation sites (N-methyl/N-ethyl adjacent to an activating group) is 1. The van der Waals surface area contributed by atoms with Crippen LogP contribution in [0.15, 0.2) is 60.8 Å². The predicted octanol–water partition coefficient (Wildman–Crippen LogP) is 18.9. The molecule has 0 aromatic heterocycles. The molecule has 9 nitrogen and oxygen atoms in total. The quantitative estimate of drug-likeness (QED) is 0.0195. The summed E-state index contributed by atoms with van der Waals surface area (Å²) in [6.07, 6.45) is 71.4. The van der Waals surface area contributed by atoms with Gasteiger partial charge in [0.15, 0.2) is 6.10 Å². The lowest BCUT2D eigenvalue weighted by molar-refractivity contribution is -0.870. The zero-order valence-corrected chi connectivity index (χ0v) is 49.9. The normalized spacial score (nSPS) is 13.6. The number of carbonyl (C=O) groups is 2. The van der Waals surface area contributed by atoms with E-state index in [0.29, 0.717) is 17.4 Å². The van der Waals surface area contributed by atoms with Gasteiger partial charge in [0.1, 0.15) is 19.8 Å². The number of carbonyl (C=O) groups excluding carboxylic acids is 2. The van der Waals surface area contributed by atoms with Crippen molar-refractivity contribution < 1.29 is 42.1 Å². The van der Waals surface area contributed by atoms with E-state index in [1.807, 2.05) is 21.1 Å². The molecule has 0 aromatic carbocycles. The van der Waals surface area contributed by atoms with E-state index in [1.54, 1.807) is 0 Å². The molecule has 0 radical (unpaired) electrons. The van der Waals surface area contributed by atoms with Gasteiger partial charge in [-0.05, 0) is 77.0 Å². The number of hydrogen-bond donors (Lipinski definition) is 0. The van der Waals surface area contributed by atoms with E-state index in [4.69, 9.17) is 18.5 Å². The second kappa shape index (κ2) is 55.5. The van der Waals surface area contributed by atoms with Gasteiger partial charge in [0.25, 0.3) is 7.82 Å². The Morgan fingerprint density at radius 3 is 1.16 bits per heavy atom. The third kappa shape index (κ3) is 59.0. The first-order chi connectivity index (χ1) is 36.0. The van der Waals surface area contributed by atoms with Crippen LogP contribution in [0, 0.1) is 0 Å². The Hall–Kier alpha value is -2.29. The van der Waals surface area contributed by atoms with E-state index in [0.717, 1.165) is 77.0 Å². The molecule has 0 aliphatic heterocycles. The fraction of sp³-hybridized carbons (Fsp3) is 0.812. The van der Waals surface area contributed by atoms with Crippen molar-refractivity contribution in [2.75, 3.05) is 47.5 Å². The second-order valence-corrected chi connectivity index (χ2v) is 23.4. The number of nitrogens with zero attached hydrogens (tertiary/aromatic N) is 1. The smallest absolute Gasteiger partial charge is 0.306 e. The van der Waals surface area contributed by atoms with Crippen molar-refractivity contribution in [3.63, 3.8) is 0 Å². The Kier molecular flexibility index (Phi) is 53.7. The maximum atomic E-state index is 12.8. The van der Waals surface area contributed by atoms with Crippen LogP contribution in [-0.2, 0) is 32.7 Å². The topological polar surface area (TPSA) is 111 Å². The zero-order valence-electron chi connectivity index (χ0n) is 49.0. The van der Waals surface area contributed by atoms with Gasteiger partial charge in [-0.1, -0.05) is 254 Å². The summed E-state index contributed by atoms with van der Waals surface area (Å²) in [4.78, 5) is 37.9. The molecule has 2 atom stereocenters. The molecule has 0 amide bonds. The van der Waals surface area contributed by atoms with Crippen molar-refractivity contribution in [3.05, 3.63) is 60.8 Å². The van der Waals surface area contributed by atoms with Crippen molar-refractivity contribution in [1.29, 1.82) is 0 Å². The van der Waals surface area contributed by atoms with Gasteiger partial charge in [-0.25, -0.2) is 0 Å². The van der Waals surface area contributed by atoms with Crippen LogP contribution in [0.2, 0.25) is 0 Å². The summed E-state index contributed by atoms with van der Waals surface area (Å²) < 4.78 is 34.2. The molecule has 0 fully saturated rings. The van der Waals surface area contributed by atoms with Crippen LogP contribution in [0.5, 0.6) is 0 Å². The van der Waals surface area contributed by atoms with Gasteiger partial charge in [-0.3, -0.25) is 14.2 Å². The first-order valence-electron chi connectivity index (χ1n) is 31.0. The van der Waals surface area contributed by atoms with E-state index < -0.39 is 26.5 Å². The van der Waals surface area contributed by atoms with Gasteiger partial charge in [-0.2, -0.15) is 0 Å². The highest BCUT2D eigenvalue weighted by atomic mass is 31.2. The lowest BCUT2D eigenvalue weighted by Gasteiger charge is -2.28. The van der Waals surface area contributed by atoms with Crippen LogP contribution in [-0.4, -0.2) is 70.0 Å². The van der Waals surface area contributed by atoms with Crippen LogP contribution in [0.1, 0.15) is 284 Å². The molecular formula is C64H118NO8P. The predicted molar refractivity (Wildman–Crippen MR) is 314 cm³/mol. The number of esters is 2. The van der Waals surface area contributed by atoms with Gasteiger partial charge in [0.05, 0.1) is 27.7 Å². The third-order valence-corrected chi connectivity index (χ3v) is 14.5. The average molecular weight is 1060 g/mol. The molecular weight excluding hydrogens is 942 g/mol. The van der Waals surface area contributed by atoms with Gasteiger partial charge in [0.2, 0.25) is 0 Å². The molecule has 2 unspecified atom stereocenters. The van der Waals surface area contributed by atoms with E-state index in [-0.39, 0.29) is 32.0 Å². The number of phosphoric ester groups is 1. The summed E-state index contributed by atoms with van der Waals surface area (Å²) >= 11 is 0. The van der Waals surface area contributed by atoms with Crippen LogP contribution in [0.25, 0.3) is 0 Å². The van der Waals surface area contributed by atoms with Gasteiger partial charge >= 0.3 is 11.9 Å². The molecule has 0 aromatic rings. The molecule has 74 heavy (non-hydrogen) atoms. The van der Waals surface area contributed by atoms with E-state index >= 15 is 0 Å². The molecule has 0 saturated heterocycles. The number of phosphoric acid groups is 1. The van der Waals surface area contributed by atoms with E-state index in [1.165, 1.54) is 173 Å². The highest BCUT2D eigenvalue weighted by Crippen LogP contribution is 2.38. The summed E-state index contributed by atoms with van der Waals surface area (Å²) in [5, 5.41) is 0. The van der Waals surface area contributed by atoms with Crippen molar-refractivity contribution in [3.8, 4) is 0 Å². The maximum absolute atomic E-state index is 12.8. The maximum Gasteiger partial charge on any atom is 0.306 e. The van der Waals surface area contributed by atoms with Crippen molar-refractivity contribution in [2.24, 2.45) is 0 Å². The minimum Gasteiger partial charge on any atom is -0.756 e. The molecule has 0 spiro atoms. The van der Waals surface area contributed by atoms with Gasteiger partial charge < -0.3 is 27.9 Å². The van der Waals surface area contributed by atoms with E-state index in [2.05, 4.69) is 74.6 Å². The number of allylic oxidation sites excluding steroid dienone is 10. The number of hydrogen-bond acceptors (Lipinski definition) is 8. The van der Waals surface area contributed by atoms with Crippen LogP contribution in [0.3, 0.4) is 0 Å². The third-order valence-electron chi connectivity index (χ3n) is 13.5. The average Bonchev–Trinajstić information content (AvgIpc) is 3.36. The number of quaternary nitrogens is 1. The molecule has 0 rings (SSSR count). The Morgan fingerprint density at radius 1 is 0.432 bits per heavy atom. The lowest BCUT2D eigenvalue weighted by Crippen LogP contribution is -2.37. The minimum atomic E-state index is -4.64. The monoisotopic (exact) mass is 1060 g/mol. The van der Waals surface area contributed by atoms with E-state index in [9.17, 15) is 19.0 Å². The highest BCUT2D eigenvalue weighted by molar-refractivity contribution is 7.45. The molecule has 0 bridgehead atoms. The lowest BCUT2D eigenvalue weighted by atomic mass is 10.0. The first kappa shape index (κ1) is 71.7. The summed E-state index contributed by atoms with van der Waals surface area (Å²) in [6, 6.07) is 0. The van der Waals surface area contributed by atoms with Crippen molar-refractivity contribution >= 4 is 19.8 Å². The first-order valence-corrected chi connectivity index (χ1v) is 32.5. The Bertz CT molecular complexity index is 1430. The second-order valence-electron chi connectivity index (χ2n) is 22.0. The summed E-state index contributed by atoms with van der Waals surface area (Å²) in [6.45, 7) is 4.15. The fourth-order valence-corrected chi connectivity index (χ4v) is 9.49. The summed E-state index contributed by atoms with van der Waals surface area (Å²) in [7, 11) is 1.17. The summed E-state index contributed by atoms with van der Waals surface area (Å²) in [5.41, 5.74) is 0. The highest BCUT2D eigenvalue weighted by Gasteiger charge is 2.22. The number of unbranched alkanes of at least 4 members (excludes halogenated alkanes) is 33. The standard InChI is InChI=1S/C64H118NO8P/c1-6-8-10-12-14-16-18-20-22-24-25-26-27-28-29-30-31-32-33-34-35-36-37-38-39-41-43-45-47-49-51-53-55-57-64(67)73-62(61-72-74(68,69)71-59-58-65(3,4)5)60-70-63(66)56-54-52-50-48-46-44-42-40-23-21-19-17-15-13-11-9-7-2/h8,10,14,16,20-23,25-26,62H,6-7,9,11-13,15,17-19,24,27-61H2,1-5H3/b10-8-,16-14-,22-20-,23-21-,26-25-. The summed E-state index contributed by atoms with van der Waals surface area (Å²) in [5.74, 6) is -0.827. The largest absolute Gasteiger partial charge is 0.756 e. The SMILES string of the molecule is CC/C=C\C/C=C\C/C=C\C/C=C\CCCCCCCCCCCCCCCCCCCCCCC(=O)OC(COC(=O)CCCCCCCCC/C=C\CCCCCCCC)COP(=O)([O-])OCC[N+](C)(C)C. The molecule has 10 heteroatoms. The van der Waals surface area contributed by atoms with Crippen LogP contribution < -0.4 is 4.89 Å². The molecule has 0 aliphatic rings. The van der Waals surface area contributed by atoms with Crippen molar-refractivity contribution in [1.82, 2.24) is 0 Å². The number of ether oxygens (including phenoxy) is 2. The number of rotatable bonds is 57. The van der Waals surface area contributed by atoms with Crippen LogP contribution >= 0.6 is 7.82 Å². The molecule has 0 saturated carbocycles.